The van der Waals surface area contributed by atoms with E-state index in [-0.39, 0.29) is 18.4 Å². The predicted molar refractivity (Wildman–Crippen MR) is 118 cm³/mol. The van der Waals surface area contributed by atoms with Gasteiger partial charge in [0.05, 0.1) is 5.56 Å². The van der Waals surface area contributed by atoms with Gasteiger partial charge in [0.15, 0.2) is 0 Å². The number of piperidine rings is 1. The summed E-state index contributed by atoms with van der Waals surface area (Å²) in [6.07, 6.45) is -3.19. The first-order valence-electron chi connectivity index (χ1n) is 9.64. The first kappa shape index (κ1) is 23.4. The van der Waals surface area contributed by atoms with Gasteiger partial charge in [-0.25, -0.2) is 0 Å². The summed E-state index contributed by atoms with van der Waals surface area (Å²) in [7, 11) is 0. The Kier molecular flexibility index (Phi) is 7.45. The summed E-state index contributed by atoms with van der Waals surface area (Å²) in [6, 6.07) is 10.4. The molecule has 1 heterocycles. The quantitative estimate of drug-likeness (QED) is 0.191. The fraction of sp³-hybridized carbons (Fsp3) is 0.381. The number of hydrogen-bond acceptors (Lipinski definition) is 3. The molecule has 164 valence electrons. The minimum atomic E-state index is -4.41. The van der Waals surface area contributed by atoms with Crippen LogP contribution in [0.15, 0.2) is 47.6 Å². The Balaban J connectivity index is 1.91. The summed E-state index contributed by atoms with van der Waals surface area (Å²) in [6.45, 7) is 1.03. The number of carbonyl (C=O) groups is 1. The van der Waals surface area contributed by atoms with E-state index in [0.29, 0.717) is 37.2 Å². The molecule has 2 aromatic rings. The van der Waals surface area contributed by atoms with Gasteiger partial charge in [0, 0.05) is 33.2 Å². The molecule has 0 unspecified atom stereocenters. The molecule has 0 aliphatic carbocycles. The van der Waals surface area contributed by atoms with E-state index in [4.69, 9.17) is 5.53 Å². The number of aliphatic carboxylic acids is 1. The standard InChI is InChI=1S/C21H20F3IN4O2/c22-21(23,24)16-4-1-14(2-5-16)19-9-13(10-20(30)31)7-8-29(19)12-15-3-6-17(25)11-18(15)27-28-26/h1-6,11,13,19H,7-10,12H2,(H,30,31)/t13-,19-/m0/s1. The van der Waals surface area contributed by atoms with E-state index < -0.39 is 17.7 Å². The number of alkyl halides is 3. The van der Waals surface area contributed by atoms with Crippen LogP contribution in [-0.4, -0.2) is 22.5 Å². The molecule has 0 aromatic heterocycles. The first-order valence-corrected chi connectivity index (χ1v) is 10.7. The van der Waals surface area contributed by atoms with E-state index in [1.54, 1.807) is 6.07 Å². The maximum absolute atomic E-state index is 13.0. The molecule has 1 fully saturated rings. The monoisotopic (exact) mass is 544 g/mol. The van der Waals surface area contributed by atoms with Crippen LogP contribution in [0.2, 0.25) is 0 Å². The smallest absolute Gasteiger partial charge is 0.416 e. The second-order valence-corrected chi connectivity index (χ2v) is 8.80. The highest BCUT2D eigenvalue weighted by atomic mass is 127. The summed E-state index contributed by atoms with van der Waals surface area (Å²) < 4.78 is 39.8. The Hall–Kier alpha value is -2.30. The average molecular weight is 544 g/mol. The van der Waals surface area contributed by atoms with Crippen molar-refractivity contribution in [1.29, 1.82) is 0 Å². The topological polar surface area (TPSA) is 89.3 Å². The Bertz CT molecular complexity index is 991. The predicted octanol–water partition coefficient (Wildman–Crippen LogP) is 6.68. The molecule has 10 heteroatoms. The van der Waals surface area contributed by atoms with Gasteiger partial charge in [0.25, 0.3) is 0 Å². The highest BCUT2D eigenvalue weighted by molar-refractivity contribution is 14.1. The van der Waals surface area contributed by atoms with E-state index in [2.05, 4.69) is 37.5 Å². The summed E-state index contributed by atoms with van der Waals surface area (Å²) in [5.74, 6) is -0.942. The lowest BCUT2D eigenvalue weighted by Crippen LogP contribution is -2.37. The van der Waals surface area contributed by atoms with Crippen molar-refractivity contribution in [2.24, 2.45) is 11.0 Å². The molecule has 0 bridgehead atoms. The first-order chi connectivity index (χ1) is 14.7. The number of halogens is 4. The zero-order valence-corrected chi connectivity index (χ0v) is 18.5. The molecule has 6 nitrogen and oxygen atoms in total. The number of carboxylic acids is 1. The highest BCUT2D eigenvalue weighted by Crippen LogP contribution is 2.39. The van der Waals surface area contributed by atoms with Gasteiger partial charge >= 0.3 is 12.1 Å². The van der Waals surface area contributed by atoms with Crippen LogP contribution < -0.4 is 0 Å². The molecule has 0 amide bonds. The van der Waals surface area contributed by atoms with Crippen molar-refractivity contribution in [2.75, 3.05) is 6.54 Å². The number of likely N-dealkylation sites (tertiary alicyclic amines) is 1. The van der Waals surface area contributed by atoms with Crippen LogP contribution in [0.4, 0.5) is 18.9 Å². The maximum atomic E-state index is 13.0. The van der Waals surface area contributed by atoms with Crippen LogP contribution in [0.25, 0.3) is 10.4 Å². The minimum Gasteiger partial charge on any atom is -0.481 e. The van der Waals surface area contributed by atoms with Gasteiger partial charge in [0.2, 0.25) is 0 Å². The summed E-state index contributed by atoms with van der Waals surface area (Å²) in [4.78, 5) is 16.2. The number of hydrogen-bond donors (Lipinski definition) is 1. The maximum Gasteiger partial charge on any atom is 0.416 e. The molecule has 1 aliphatic heterocycles. The number of azide groups is 1. The molecule has 3 rings (SSSR count). The van der Waals surface area contributed by atoms with Crippen molar-refractivity contribution in [1.82, 2.24) is 4.90 Å². The van der Waals surface area contributed by atoms with E-state index in [1.807, 2.05) is 12.1 Å². The van der Waals surface area contributed by atoms with Crippen LogP contribution in [0, 0.1) is 9.49 Å². The summed E-state index contributed by atoms with van der Waals surface area (Å²) in [5, 5.41) is 13.0. The lowest BCUT2D eigenvalue weighted by molar-refractivity contribution is -0.139. The number of rotatable bonds is 6. The van der Waals surface area contributed by atoms with Gasteiger partial charge in [-0.15, -0.1) is 0 Å². The average Bonchev–Trinajstić information content (AvgIpc) is 2.70. The molecular formula is C21H20F3IN4O2. The third-order valence-corrected chi connectivity index (χ3v) is 6.15. The van der Waals surface area contributed by atoms with Crippen LogP contribution in [0.3, 0.4) is 0 Å². The molecule has 0 saturated carbocycles. The molecule has 31 heavy (non-hydrogen) atoms. The third-order valence-electron chi connectivity index (χ3n) is 5.48. The van der Waals surface area contributed by atoms with Crippen LogP contribution in [0.5, 0.6) is 0 Å². The second-order valence-electron chi connectivity index (χ2n) is 7.56. The van der Waals surface area contributed by atoms with E-state index in [9.17, 15) is 23.1 Å². The van der Waals surface area contributed by atoms with Crippen molar-refractivity contribution in [2.45, 2.75) is 38.0 Å². The minimum absolute atomic E-state index is 0.0263. The fourth-order valence-electron chi connectivity index (χ4n) is 3.98. The highest BCUT2D eigenvalue weighted by Gasteiger charge is 2.33. The number of carboxylic acid groups (broad SMARTS) is 1. The van der Waals surface area contributed by atoms with E-state index >= 15 is 0 Å². The molecule has 1 aliphatic rings. The van der Waals surface area contributed by atoms with Gasteiger partial charge in [-0.2, -0.15) is 13.2 Å². The SMILES string of the molecule is [N-]=[N+]=Nc1cc(I)ccc1CN1CC[C@H](CC(=O)O)C[C@H]1c1ccc(C(F)(F)F)cc1. The summed E-state index contributed by atoms with van der Waals surface area (Å²) >= 11 is 2.12. The molecular weight excluding hydrogens is 524 g/mol. The fourth-order valence-corrected chi connectivity index (χ4v) is 4.46. The Labute approximate surface area is 190 Å². The van der Waals surface area contributed by atoms with Crippen LogP contribution >= 0.6 is 22.6 Å². The number of nitrogens with zero attached hydrogens (tertiary/aromatic N) is 4. The summed E-state index contributed by atoms with van der Waals surface area (Å²) in [5.41, 5.74) is 10.2. The van der Waals surface area contributed by atoms with Crippen molar-refractivity contribution < 1.29 is 23.1 Å². The van der Waals surface area contributed by atoms with Crippen LogP contribution in [0.1, 0.15) is 42.0 Å². The molecule has 1 N–H and O–H groups in total. The molecule has 1 saturated heterocycles. The number of benzene rings is 2. The zero-order valence-electron chi connectivity index (χ0n) is 16.4. The van der Waals surface area contributed by atoms with Gasteiger partial charge in [-0.1, -0.05) is 23.3 Å². The third kappa shape index (κ3) is 6.11. The van der Waals surface area contributed by atoms with Crippen molar-refractivity contribution in [3.63, 3.8) is 0 Å². The van der Waals surface area contributed by atoms with Gasteiger partial charge < -0.3 is 5.11 Å². The van der Waals surface area contributed by atoms with Crippen molar-refractivity contribution in [3.05, 3.63) is 73.2 Å². The Morgan fingerprint density at radius 2 is 1.97 bits per heavy atom. The normalized spacial score (nSPS) is 19.6. The second kappa shape index (κ2) is 9.88. The van der Waals surface area contributed by atoms with Gasteiger partial charge in [-0.3, -0.25) is 9.69 Å². The lowest BCUT2D eigenvalue weighted by atomic mass is 9.84. The van der Waals surface area contributed by atoms with E-state index in [1.165, 1.54) is 12.1 Å². The largest absolute Gasteiger partial charge is 0.481 e. The molecule has 0 spiro atoms. The van der Waals surface area contributed by atoms with E-state index in [0.717, 1.165) is 21.3 Å². The van der Waals surface area contributed by atoms with Crippen molar-refractivity contribution >= 4 is 34.2 Å². The Morgan fingerprint density at radius 1 is 1.26 bits per heavy atom. The van der Waals surface area contributed by atoms with Crippen LogP contribution in [-0.2, 0) is 17.5 Å². The van der Waals surface area contributed by atoms with Crippen molar-refractivity contribution in [3.8, 4) is 0 Å². The van der Waals surface area contributed by atoms with Gasteiger partial charge in [0.1, 0.15) is 0 Å². The Morgan fingerprint density at radius 3 is 2.58 bits per heavy atom. The molecule has 0 radical (unpaired) electrons. The molecule has 2 atom stereocenters. The molecule has 2 aromatic carbocycles. The lowest BCUT2D eigenvalue weighted by Gasteiger charge is -2.40. The van der Waals surface area contributed by atoms with Gasteiger partial charge in [-0.05, 0) is 88.8 Å². The zero-order chi connectivity index (χ0) is 22.6.